The van der Waals surface area contributed by atoms with Crippen LogP contribution in [-0.4, -0.2) is 27.8 Å². The smallest absolute Gasteiger partial charge is 0.188 e. The van der Waals surface area contributed by atoms with Crippen LogP contribution in [0.4, 0.5) is 0 Å². The minimum absolute atomic E-state index is 0.0866. The molecule has 0 aliphatic carbocycles. The number of fused-ring (bicyclic) bond motifs is 2. The predicted molar refractivity (Wildman–Crippen MR) is 181 cm³/mol. The summed E-state index contributed by atoms with van der Waals surface area (Å²) in [6, 6.07) is 40.4. The van der Waals surface area contributed by atoms with Crippen LogP contribution in [0.3, 0.4) is 0 Å². The van der Waals surface area contributed by atoms with Gasteiger partial charge in [0.25, 0.3) is 0 Å². The van der Waals surface area contributed by atoms with E-state index in [4.69, 9.17) is 18.9 Å². The van der Waals surface area contributed by atoms with Crippen molar-refractivity contribution in [2.24, 2.45) is 0 Å². The highest BCUT2D eigenvalue weighted by Gasteiger charge is 2.29. The van der Waals surface area contributed by atoms with Gasteiger partial charge in [-0.3, -0.25) is 0 Å². The Balaban J connectivity index is 1.88. The molecule has 0 unspecified atom stereocenters. The van der Waals surface area contributed by atoms with Crippen molar-refractivity contribution >= 4 is 21.5 Å². The molecule has 4 heteroatoms. The maximum absolute atomic E-state index is 6.76. The van der Waals surface area contributed by atoms with Crippen LogP contribution < -0.4 is 9.47 Å². The monoisotopic (exact) mass is 582 g/mol. The zero-order chi connectivity index (χ0) is 30.7. The first-order valence-corrected chi connectivity index (χ1v) is 14.9. The van der Waals surface area contributed by atoms with Crippen LogP contribution in [0.5, 0.6) is 11.5 Å². The molecule has 0 amide bonds. The van der Waals surface area contributed by atoms with E-state index in [1.54, 1.807) is 14.2 Å². The van der Waals surface area contributed by atoms with E-state index < -0.39 is 0 Å². The fourth-order valence-electron chi connectivity index (χ4n) is 6.19. The molecular formula is C40H38O4. The molecule has 6 aromatic rings. The summed E-state index contributed by atoms with van der Waals surface area (Å²) in [6.45, 7) is 6.98. The lowest BCUT2D eigenvalue weighted by Crippen LogP contribution is -2.13. The first-order chi connectivity index (χ1) is 21.4. The predicted octanol–water partition coefficient (Wildman–Crippen LogP) is 10.3. The second kappa shape index (κ2) is 12.5. The minimum Gasteiger partial charge on any atom is -0.467 e. The molecule has 6 aromatic carbocycles. The van der Waals surface area contributed by atoms with Gasteiger partial charge in [0.2, 0.25) is 0 Å². The number of benzene rings is 6. The molecule has 222 valence electrons. The lowest BCUT2D eigenvalue weighted by atomic mass is 9.77. The van der Waals surface area contributed by atoms with Gasteiger partial charge in [-0.15, -0.1) is 0 Å². The van der Waals surface area contributed by atoms with E-state index in [-0.39, 0.29) is 19.0 Å². The molecule has 0 atom stereocenters. The third kappa shape index (κ3) is 5.43. The highest BCUT2D eigenvalue weighted by Crippen LogP contribution is 2.55. The molecule has 0 saturated carbocycles. The third-order valence-electron chi connectivity index (χ3n) is 8.03. The number of hydrogen-bond acceptors (Lipinski definition) is 4. The van der Waals surface area contributed by atoms with Crippen LogP contribution in [0.1, 0.15) is 26.3 Å². The Morgan fingerprint density at radius 2 is 1.09 bits per heavy atom. The van der Waals surface area contributed by atoms with Crippen LogP contribution >= 0.6 is 0 Å². The molecule has 0 aliphatic heterocycles. The Morgan fingerprint density at radius 3 is 1.80 bits per heavy atom. The van der Waals surface area contributed by atoms with Crippen molar-refractivity contribution in [1.29, 1.82) is 0 Å². The molecule has 0 radical (unpaired) electrons. The van der Waals surface area contributed by atoms with Crippen molar-refractivity contribution in [3.8, 4) is 44.9 Å². The average Bonchev–Trinajstić information content (AvgIpc) is 3.05. The molecule has 0 bridgehead atoms. The first-order valence-electron chi connectivity index (χ1n) is 14.9. The van der Waals surface area contributed by atoms with Crippen LogP contribution in [0.15, 0.2) is 115 Å². The molecule has 0 spiro atoms. The highest BCUT2D eigenvalue weighted by molar-refractivity contribution is 6.18. The summed E-state index contributed by atoms with van der Waals surface area (Å²) >= 11 is 0. The van der Waals surface area contributed by atoms with Gasteiger partial charge in [-0.25, -0.2) is 0 Å². The number of rotatable bonds is 9. The van der Waals surface area contributed by atoms with Gasteiger partial charge in [0.15, 0.2) is 13.6 Å². The summed E-state index contributed by atoms with van der Waals surface area (Å²) < 4.78 is 24.0. The Kier molecular flexibility index (Phi) is 8.38. The van der Waals surface area contributed by atoms with Gasteiger partial charge in [0.05, 0.1) is 0 Å². The topological polar surface area (TPSA) is 36.9 Å². The van der Waals surface area contributed by atoms with Crippen LogP contribution in [0.25, 0.3) is 54.9 Å². The van der Waals surface area contributed by atoms with Gasteiger partial charge >= 0.3 is 0 Å². The molecule has 6 rings (SSSR count). The maximum atomic E-state index is 6.76. The van der Waals surface area contributed by atoms with Gasteiger partial charge in [-0.1, -0.05) is 130 Å². The zero-order valence-corrected chi connectivity index (χ0v) is 26.0. The zero-order valence-electron chi connectivity index (χ0n) is 26.0. The van der Waals surface area contributed by atoms with Crippen molar-refractivity contribution in [1.82, 2.24) is 0 Å². The van der Waals surface area contributed by atoms with E-state index in [1.165, 1.54) is 5.56 Å². The number of methoxy groups -OCH3 is 2. The van der Waals surface area contributed by atoms with E-state index in [1.807, 2.05) is 6.07 Å². The van der Waals surface area contributed by atoms with E-state index in [0.29, 0.717) is 0 Å². The minimum atomic E-state index is -0.124. The fraction of sp³-hybridized carbons (Fsp3) is 0.200. The van der Waals surface area contributed by atoms with Gasteiger partial charge < -0.3 is 18.9 Å². The Bertz CT molecular complexity index is 1920. The lowest BCUT2D eigenvalue weighted by molar-refractivity contribution is 0.0504. The molecule has 44 heavy (non-hydrogen) atoms. The Hall–Kier alpha value is -4.64. The summed E-state index contributed by atoms with van der Waals surface area (Å²) in [6.07, 6.45) is 0. The van der Waals surface area contributed by atoms with E-state index in [0.717, 1.165) is 66.4 Å². The van der Waals surface area contributed by atoms with Crippen molar-refractivity contribution in [3.05, 3.63) is 121 Å². The van der Waals surface area contributed by atoms with Crippen molar-refractivity contribution < 1.29 is 18.9 Å². The molecule has 0 heterocycles. The molecule has 0 saturated heterocycles. The standard InChI is InChI=1S/C40H38O4/c1-40(2,3)33-22-14-13-21-32(33)38-35(28-16-7-6-8-17-28)30-19-11-12-20-31(30)37(39(38)44-26-42-5)36-29-18-10-9-15-27(29)23-24-34(36)43-25-41-4/h6-24H,25-26H2,1-5H3. The van der Waals surface area contributed by atoms with E-state index >= 15 is 0 Å². The second-order valence-electron chi connectivity index (χ2n) is 11.9. The summed E-state index contributed by atoms with van der Waals surface area (Å²) in [4.78, 5) is 0. The van der Waals surface area contributed by atoms with Crippen molar-refractivity contribution in [3.63, 3.8) is 0 Å². The normalized spacial score (nSPS) is 11.7. The highest BCUT2D eigenvalue weighted by atomic mass is 16.7. The molecule has 0 N–H and O–H groups in total. The number of hydrogen-bond donors (Lipinski definition) is 0. The summed E-state index contributed by atoms with van der Waals surface area (Å²) in [5.74, 6) is 1.47. The maximum Gasteiger partial charge on any atom is 0.188 e. The summed E-state index contributed by atoms with van der Waals surface area (Å²) in [5, 5.41) is 4.37. The van der Waals surface area contributed by atoms with Crippen LogP contribution in [0, 0.1) is 0 Å². The summed E-state index contributed by atoms with van der Waals surface area (Å²) in [5.41, 5.74) is 7.40. The van der Waals surface area contributed by atoms with Crippen molar-refractivity contribution in [2.75, 3.05) is 27.8 Å². The Morgan fingerprint density at radius 1 is 0.500 bits per heavy atom. The van der Waals surface area contributed by atoms with Gasteiger partial charge in [-0.2, -0.15) is 0 Å². The van der Waals surface area contributed by atoms with Gasteiger partial charge in [-0.05, 0) is 49.7 Å². The molecule has 4 nitrogen and oxygen atoms in total. The Labute approximate surface area is 259 Å². The van der Waals surface area contributed by atoms with Gasteiger partial charge in [0.1, 0.15) is 11.5 Å². The molecule has 0 fully saturated rings. The lowest BCUT2D eigenvalue weighted by Gasteiger charge is -2.28. The SMILES string of the molecule is COCOc1ccc2ccccc2c1-c1c(OCOC)c(-c2ccccc2C(C)(C)C)c(-c2ccccc2)c2ccccc12. The molecule has 0 aliphatic rings. The van der Waals surface area contributed by atoms with Crippen molar-refractivity contribution in [2.45, 2.75) is 26.2 Å². The van der Waals surface area contributed by atoms with E-state index in [9.17, 15) is 0 Å². The third-order valence-corrected chi connectivity index (χ3v) is 8.03. The second-order valence-corrected chi connectivity index (χ2v) is 11.9. The van der Waals surface area contributed by atoms with Crippen LogP contribution in [-0.2, 0) is 14.9 Å². The quantitative estimate of drug-likeness (QED) is 0.159. The molecule has 0 aromatic heterocycles. The average molecular weight is 583 g/mol. The van der Waals surface area contributed by atoms with Gasteiger partial charge in [0, 0.05) is 36.5 Å². The molecular weight excluding hydrogens is 544 g/mol. The summed E-state index contributed by atoms with van der Waals surface area (Å²) in [7, 11) is 3.30. The first kappa shape index (κ1) is 29.4. The van der Waals surface area contributed by atoms with E-state index in [2.05, 4.69) is 130 Å². The largest absolute Gasteiger partial charge is 0.467 e. The van der Waals surface area contributed by atoms with Crippen LogP contribution in [0.2, 0.25) is 0 Å². The number of ether oxygens (including phenoxy) is 4. The fourth-order valence-corrected chi connectivity index (χ4v) is 6.19.